The first-order chi connectivity index (χ1) is 18.1. The van der Waals surface area contributed by atoms with Crippen LogP contribution in [0.1, 0.15) is 41.6 Å². The number of sulfone groups is 1. The van der Waals surface area contributed by atoms with E-state index in [1.54, 1.807) is 4.72 Å². The predicted octanol–water partition coefficient (Wildman–Crippen LogP) is 5.65. The lowest BCUT2D eigenvalue weighted by Crippen LogP contribution is -2.46. The van der Waals surface area contributed by atoms with Crippen LogP contribution in [0.5, 0.6) is 0 Å². The van der Waals surface area contributed by atoms with Gasteiger partial charge < -0.3 is 5.32 Å². The molecule has 1 fully saturated rings. The summed E-state index contributed by atoms with van der Waals surface area (Å²) in [5, 5.41) is 2.13. The highest BCUT2D eigenvalue weighted by atomic mass is 32.2. The molecular weight excluding hydrogens is 607 g/mol. The second kappa shape index (κ2) is 10.4. The Bertz CT molecular complexity index is 1480. The smallest absolute Gasteiger partial charge is 0.352 e. The van der Waals surface area contributed by atoms with Crippen LogP contribution < -0.4 is 10.0 Å². The van der Waals surface area contributed by atoms with E-state index in [0.717, 1.165) is 0 Å². The lowest BCUT2D eigenvalue weighted by molar-refractivity contribution is -0.252. The summed E-state index contributed by atoms with van der Waals surface area (Å²) in [5.41, 5.74) is -10.7. The highest BCUT2D eigenvalue weighted by Gasteiger charge is 2.57. The molecule has 7 nitrogen and oxygen atoms in total. The molecular formula is C22H19F9N2O5S2. The molecule has 0 aromatic heterocycles. The second-order valence-corrected chi connectivity index (χ2v) is 12.5. The Hall–Kier alpha value is -3.02. The summed E-state index contributed by atoms with van der Waals surface area (Å²) in [4.78, 5) is 10.5. The van der Waals surface area contributed by atoms with Crippen molar-refractivity contribution in [3.8, 4) is 0 Å². The molecule has 1 saturated carbocycles. The molecule has 18 heteroatoms. The Morgan fingerprint density at radius 3 is 1.82 bits per heavy atom. The fourth-order valence-corrected chi connectivity index (χ4v) is 5.76. The first kappa shape index (κ1) is 31.5. The lowest BCUT2D eigenvalue weighted by Gasteiger charge is -2.43. The third kappa shape index (κ3) is 6.31. The normalized spacial score (nSPS) is 16.2. The van der Waals surface area contributed by atoms with E-state index >= 15 is 0 Å². The van der Waals surface area contributed by atoms with E-state index in [1.165, 1.54) is 0 Å². The number of nitrogens with one attached hydrogen (secondary N) is 2. The van der Waals surface area contributed by atoms with Gasteiger partial charge in [0.05, 0.1) is 32.0 Å². The average Bonchev–Trinajstić information content (AvgIpc) is 2.78. The van der Waals surface area contributed by atoms with Crippen molar-refractivity contribution in [1.29, 1.82) is 0 Å². The van der Waals surface area contributed by atoms with Crippen LogP contribution in [-0.4, -0.2) is 41.0 Å². The molecule has 0 bridgehead atoms. The van der Waals surface area contributed by atoms with Crippen LogP contribution in [0.4, 0.5) is 45.2 Å². The number of carbonyl (C=O) groups is 1. The molecule has 1 amide bonds. The SMILES string of the molecule is O=C(NCCC1(C(F)(F)F)CCC1)c1ccc(C(F)(F)F)cc1NS(=O)(=O)c1ccc(S(=O)(=O)C(F)(F)F)cc1. The summed E-state index contributed by atoms with van der Waals surface area (Å²) in [6.45, 7) is -0.527. The van der Waals surface area contributed by atoms with Crippen LogP contribution in [0.2, 0.25) is 0 Å². The van der Waals surface area contributed by atoms with Gasteiger partial charge in [-0.2, -0.15) is 39.5 Å². The zero-order valence-electron chi connectivity index (χ0n) is 19.8. The van der Waals surface area contributed by atoms with E-state index in [9.17, 15) is 61.1 Å². The van der Waals surface area contributed by atoms with Crippen molar-refractivity contribution in [1.82, 2.24) is 5.32 Å². The van der Waals surface area contributed by atoms with Gasteiger partial charge in [-0.05, 0) is 61.7 Å². The number of amides is 1. The number of halogens is 9. The van der Waals surface area contributed by atoms with Gasteiger partial charge in [-0.25, -0.2) is 16.8 Å². The third-order valence-electron chi connectivity index (χ3n) is 6.39. The molecule has 40 heavy (non-hydrogen) atoms. The molecule has 0 heterocycles. The van der Waals surface area contributed by atoms with Gasteiger partial charge in [0.15, 0.2) is 0 Å². The molecule has 0 radical (unpaired) electrons. The number of anilines is 1. The lowest BCUT2D eigenvalue weighted by atomic mass is 9.66. The highest BCUT2D eigenvalue weighted by molar-refractivity contribution is 7.93. The fraction of sp³-hybridized carbons (Fsp3) is 0.409. The number of rotatable bonds is 8. The van der Waals surface area contributed by atoms with Gasteiger partial charge in [0.2, 0.25) is 0 Å². The Balaban J connectivity index is 1.89. The van der Waals surface area contributed by atoms with Crippen LogP contribution in [0.3, 0.4) is 0 Å². The maximum Gasteiger partial charge on any atom is 0.501 e. The number of benzene rings is 2. The number of hydrogen-bond acceptors (Lipinski definition) is 5. The molecule has 2 N–H and O–H groups in total. The zero-order valence-corrected chi connectivity index (χ0v) is 21.5. The summed E-state index contributed by atoms with van der Waals surface area (Å²) >= 11 is 0. The zero-order chi connectivity index (χ0) is 30.4. The average molecular weight is 627 g/mol. The largest absolute Gasteiger partial charge is 0.501 e. The van der Waals surface area contributed by atoms with Crippen molar-refractivity contribution in [2.45, 2.75) is 53.3 Å². The molecule has 1 aliphatic carbocycles. The minimum absolute atomic E-state index is 0.166. The van der Waals surface area contributed by atoms with Crippen molar-refractivity contribution in [3.05, 3.63) is 53.6 Å². The van der Waals surface area contributed by atoms with E-state index in [2.05, 4.69) is 5.32 Å². The predicted molar refractivity (Wildman–Crippen MR) is 121 cm³/mol. The fourth-order valence-electron chi connectivity index (χ4n) is 3.93. The number of sulfonamides is 1. The molecule has 2 aromatic rings. The van der Waals surface area contributed by atoms with Crippen molar-refractivity contribution in [2.75, 3.05) is 11.3 Å². The molecule has 222 valence electrons. The Morgan fingerprint density at radius 2 is 1.38 bits per heavy atom. The maximum absolute atomic E-state index is 13.3. The van der Waals surface area contributed by atoms with Crippen molar-refractivity contribution < 1.29 is 61.1 Å². The first-order valence-corrected chi connectivity index (χ1v) is 14.1. The highest BCUT2D eigenvalue weighted by Crippen LogP contribution is 2.55. The summed E-state index contributed by atoms with van der Waals surface area (Å²) in [5.74, 6) is -1.20. The Labute approximate surface area is 221 Å². The van der Waals surface area contributed by atoms with Gasteiger partial charge in [0.1, 0.15) is 0 Å². The molecule has 0 unspecified atom stereocenters. The molecule has 2 aromatic carbocycles. The van der Waals surface area contributed by atoms with Gasteiger partial charge >= 0.3 is 17.9 Å². The van der Waals surface area contributed by atoms with Gasteiger partial charge in [-0.3, -0.25) is 9.52 Å². The van der Waals surface area contributed by atoms with Gasteiger partial charge in [0, 0.05) is 6.54 Å². The maximum atomic E-state index is 13.3. The van der Waals surface area contributed by atoms with E-state index in [4.69, 9.17) is 0 Å². The van der Waals surface area contributed by atoms with Crippen LogP contribution in [0.15, 0.2) is 52.3 Å². The van der Waals surface area contributed by atoms with Gasteiger partial charge in [0.25, 0.3) is 25.8 Å². The van der Waals surface area contributed by atoms with Crippen molar-refractivity contribution >= 4 is 31.5 Å². The molecule has 0 saturated heterocycles. The van der Waals surface area contributed by atoms with Crippen LogP contribution in [0, 0.1) is 5.41 Å². The van der Waals surface area contributed by atoms with Crippen LogP contribution >= 0.6 is 0 Å². The van der Waals surface area contributed by atoms with E-state index in [-0.39, 0.29) is 18.9 Å². The first-order valence-electron chi connectivity index (χ1n) is 11.1. The van der Waals surface area contributed by atoms with Gasteiger partial charge in [-0.1, -0.05) is 6.42 Å². The Kier molecular flexibility index (Phi) is 8.21. The van der Waals surface area contributed by atoms with E-state index in [1.807, 2.05) is 0 Å². The topological polar surface area (TPSA) is 109 Å². The second-order valence-electron chi connectivity index (χ2n) is 8.92. The summed E-state index contributed by atoms with van der Waals surface area (Å²) in [6, 6.07) is 2.80. The molecule has 3 rings (SSSR count). The van der Waals surface area contributed by atoms with Crippen molar-refractivity contribution in [3.63, 3.8) is 0 Å². The minimum atomic E-state index is -5.83. The number of alkyl halides is 9. The molecule has 0 aliphatic heterocycles. The molecule has 0 atom stereocenters. The Morgan fingerprint density at radius 1 is 0.825 bits per heavy atom. The van der Waals surface area contributed by atoms with E-state index in [0.29, 0.717) is 42.8 Å². The molecule has 0 spiro atoms. The van der Waals surface area contributed by atoms with Crippen LogP contribution in [0.25, 0.3) is 0 Å². The summed E-state index contributed by atoms with van der Waals surface area (Å²) in [6.07, 6.45) is -10.1. The summed E-state index contributed by atoms with van der Waals surface area (Å²) in [7, 11) is -10.7. The standard InChI is InChI=1S/C22H19F9N2O5S2/c23-20(24,25)13-2-7-16(18(34)32-11-10-19(8-1-9-19)21(26,27)28)17(12-13)33-40(37,38)15-5-3-14(4-6-15)39(35,36)22(29,30)31/h2-7,12,33H,1,8-11H2,(H,32,34). The molecule has 1 aliphatic rings. The van der Waals surface area contributed by atoms with Crippen molar-refractivity contribution in [2.24, 2.45) is 5.41 Å². The quantitative estimate of drug-likeness (QED) is 0.368. The third-order valence-corrected chi connectivity index (χ3v) is 9.27. The minimum Gasteiger partial charge on any atom is -0.352 e. The van der Waals surface area contributed by atoms with Crippen LogP contribution in [-0.2, 0) is 26.0 Å². The summed E-state index contributed by atoms with van der Waals surface area (Å²) < 4.78 is 168. The van der Waals surface area contributed by atoms with E-state index < -0.39 is 88.6 Å². The number of carbonyl (C=O) groups excluding carboxylic acids is 1. The number of hydrogen-bond donors (Lipinski definition) is 2. The van der Waals surface area contributed by atoms with Gasteiger partial charge in [-0.15, -0.1) is 0 Å². The monoisotopic (exact) mass is 626 g/mol.